The molecule has 3 aliphatic heterocycles. The van der Waals surface area contributed by atoms with E-state index in [9.17, 15) is 19.2 Å². The molecule has 3 N–H and O–H groups in total. The Bertz CT molecular complexity index is 2020. The molecule has 12 heteroatoms. The lowest BCUT2D eigenvalue weighted by Crippen LogP contribution is -2.37. The van der Waals surface area contributed by atoms with Crippen LogP contribution in [0.25, 0.3) is 16.6 Å². The van der Waals surface area contributed by atoms with Crippen molar-refractivity contribution in [3.63, 3.8) is 0 Å². The van der Waals surface area contributed by atoms with E-state index >= 15 is 4.39 Å². The van der Waals surface area contributed by atoms with Crippen LogP contribution < -0.4 is 16.0 Å². The average Bonchev–Trinajstić information content (AvgIpc) is 3.45. The Kier molecular flexibility index (Phi) is 8.17. The fraction of sp³-hybridized carbons (Fsp3) is 0.324. The van der Waals surface area contributed by atoms with Gasteiger partial charge in [-0.15, -0.1) is 0 Å². The van der Waals surface area contributed by atoms with E-state index in [0.717, 1.165) is 44.6 Å². The number of alkyl carbamates (subject to hydrolysis) is 1. The number of cyclic esters (lactones) is 1. The lowest BCUT2D eigenvalue weighted by Gasteiger charge is -2.35. The lowest BCUT2D eigenvalue weighted by atomic mass is 9.82. The van der Waals surface area contributed by atoms with Gasteiger partial charge in [0.1, 0.15) is 25.1 Å². The van der Waals surface area contributed by atoms with Crippen LogP contribution in [0.1, 0.15) is 66.2 Å². The molecule has 2 aromatic carbocycles. The summed E-state index contributed by atoms with van der Waals surface area (Å²) in [6.07, 6.45) is 3.55. The molecule has 0 spiro atoms. The number of rotatable bonds is 8. The molecule has 0 saturated carbocycles. The van der Waals surface area contributed by atoms with Crippen molar-refractivity contribution in [2.45, 2.75) is 65.3 Å². The van der Waals surface area contributed by atoms with E-state index in [0.29, 0.717) is 60.2 Å². The Morgan fingerprint density at radius 2 is 2.02 bits per heavy atom. The number of aryl methyl sites for hydroxylation is 1. The molecule has 3 atom stereocenters. The predicted molar refractivity (Wildman–Crippen MR) is 179 cm³/mol. The van der Waals surface area contributed by atoms with Gasteiger partial charge in [-0.05, 0) is 79.1 Å². The molecule has 7 rings (SSSR count). The number of carbonyl (C=O) groups is 4. The van der Waals surface area contributed by atoms with Crippen LogP contribution in [0.3, 0.4) is 0 Å². The van der Waals surface area contributed by atoms with Crippen molar-refractivity contribution in [1.29, 1.82) is 0 Å². The number of fused-ring (bicyclic) bond motifs is 4. The number of hydrogen-bond donors (Lipinski definition) is 3. The number of nitrogens with one attached hydrogen (secondary N) is 3. The van der Waals surface area contributed by atoms with E-state index in [2.05, 4.69) is 27.4 Å². The highest BCUT2D eigenvalue weighted by Crippen LogP contribution is 2.49. The van der Waals surface area contributed by atoms with Gasteiger partial charge in [-0.1, -0.05) is 25.6 Å². The van der Waals surface area contributed by atoms with E-state index in [4.69, 9.17) is 14.5 Å². The summed E-state index contributed by atoms with van der Waals surface area (Å²) in [4.78, 5) is 55.7. The van der Waals surface area contributed by atoms with Crippen LogP contribution in [0, 0.1) is 18.7 Å². The molecular weight excluding hydrogens is 629 g/mol. The number of halogens is 1. The number of esters is 1. The third-order valence-electron chi connectivity index (χ3n) is 9.96. The van der Waals surface area contributed by atoms with Gasteiger partial charge in [0, 0.05) is 34.0 Å². The zero-order valence-electron chi connectivity index (χ0n) is 27.4. The molecule has 1 aromatic heterocycles. The number of pyridine rings is 1. The molecular formula is C37H36FN5O6. The summed E-state index contributed by atoms with van der Waals surface area (Å²) < 4.78 is 26.3. The zero-order valence-corrected chi connectivity index (χ0v) is 27.4. The highest BCUT2D eigenvalue weighted by molar-refractivity contribution is 5.96. The molecule has 4 aliphatic rings. The van der Waals surface area contributed by atoms with E-state index in [1.54, 1.807) is 38.1 Å². The number of allylic oxidation sites excluding steroid dienone is 1. The standard InChI is InChI=1S/C37H36FN5O6/c1-5-23-25-12-31-34-26(14-43(31)20(4)27(25)16-48-36(23)46)33-29(11-10-24-18(2)28(38)13-30(41-34)32(24)33)42-37(47)49-15-21-6-8-22(9-7-21)40-35(45)19(3)39-17-44/h6-9,12-13,17,19,23,29H,4-5,10-11,14-16H2,1-3H3,(H,39,44)(H,40,45)(H,42,47)/t19-,23+,29-/m0/s1. The van der Waals surface area contributed by atoms with Gasteiger partial charge in [0.25, 0.3) is 0 Å². The molecule has 11 nitrogen and oxygen atoms in total. The number of aromatic nitrogens is 1. The zero-order chi connectivity index (χ0) is 34.6. The van der Waals surface area contributed by atoms with Crippen molar-refractivity contribution < 1.29 is 33.0 Å². The first kappa shape index (κ1) is 32.0. The quantitative estimate of drug-likeness (QED) is 0.220. The topological polar surface area (TPSA) is 139 Å². The van der Waals surface area contributed by atoms with E-state index in [1.165, 1.54) is 6.07 Å². The third kappa shape index (κ3) is 5.50. The summed E-state index contributed by atoms with van der Waals surface area (Å²) in [6.45, 7) is 10.3. The van der Waals surface area contributed by atoms with Gasteiger partial charge in [-0.3, -0.25) is 14.4 Å². The molecule has 0 bridgehead atoms. The minimum atomic E-state index is -0.686. The maximum atomic E-state index is 15.2. The first-order chi connectivity index (χ1) is 23.6. The molecule has 4 heterocycles. The highest BCUT2D eigenvalue weighted by Gasteiger charge is 2.42. The van der Waals surface area contributed by atoms with Crippen LogP contribution in [0.2, 0.25) is 0 Å². The van der Waals surface area contributed by atoms with Crippen LogP contribution in [-0.2, 0) is 43.4 Å². The van der Waals surface area contributed by atoms with Crippen LogP contribution in [-0.4, -0.2) is 46.9 Å². The summed E-state index contributed by atoms with van der Waals surface area (Å²) in [5.41, 5.74) is 9.03. The largest absolute Gasteiger partial charge is 0.460 e. The Labute approximate surface area is 282 Å². The SMILES string of the molecule is C=C1C2=C(C=C3c4nc5cc(F)c(C)c6c5c(c4CN13)[C@@H](NC(=O)OCc1ccc(NC(=O)[C@H](C)NC=O)cc1)CC6)[C@@H](CC)C(=O)OC2. The minimum Gasteiger partial charge on any atom is -0.460 e. The Hall–Kier alpha value is -5.52. The van der Waals surface area contributed by atoms with E-state index < -0.39 is 24.1 Å². The normalized spacial score (nSPS) is 19.7. The van der Waals surface area contributed by atoms with E-state index in [1.807, 2.05) is 13.0 Å². The second kappa shape index (κ2) is 12.5. The summed E-state index contributed by atoms with van der Waals surface area (Å²) in [7, 11) is 0. The number of ether oxygens (including phenoxy) is 2. The molecule has 1 aliphatic carbocycles. The molecule has 0 radical (unpaired) electrons. The number of hydrogen-bond acceptors (Lipinski definition) is 8. The molecule has 0 unspecified atom stereocenters. The molecule has 0 saturated heterocycles. The Morgan fingerprint density at radius 3 is 2.76 bits per heavy atom. The maximum absolute atomic E-state index is 15.2. The summed E-state index contributed by atoms with van der Waals surface area (Å²) in [6, 6.07) is 7.20. The van der Waals surface area contributed by atoms with Gasteiger partial charge in [-0.25, -0.2) is 14.2 Å². The van der Waals surface area contributed by atoms with Gasteiger partial charge in [0.05, 0.1) is 35.4 Å². The molecule has 3 amide bonds. The van der Waals surface area contributed by atoms with Gasteiger partial charge in [0.15, 0.2) is 0 Å². The van der Waals surface area contributed by atoms with Crippen LogP contribution >= 0.6 is 0 Å². The number of nitrogens with zero attached hydrogens (tertiary/aromatic N) is 2. The Morgan fingerprint density at radius 1 is 1.24 bits per heavy atom. The average molecular weight is 666 g/mol. The number of benzene rings is 2. The summed E-state index contributed by atoms with van der Waals surface area (Å²) in [5.74, 6) is -1.35. The summed E-state index contributed by atoms with van der Waals surface area (Å²) >= 11 is 0. The van der Waals surface area contributed by atoms with Gasteiger partial charge in [-0.2, -0.15) is 0 Å². The number of carbonyl (C=O) groups excluding carboxylic acids is 4. The summed E-state index contributed by atoms with van der Waals surface area (Å²) in [5, 5.41) is 9.03. The van der Waals surface area contributed by atoms with Gasteiger partial charge >= 0.3 is 12.1 Å². The first-order valence-electron chi connectivity index (χ1n) is 16.3. The van der Waals surface area contributed by atoms with Crippen molar-refractivity contribution in [2.75, 3.05) is 11.9 Å². The van der Waals surface area contributed by atoms with Gasteiger partial charge < -0.3 is 30.3 Å². The fourth-order valence-corrected chi connectivity index (χ4v) is 7.29. The maximum Gasteiger partial charge on any atom is 0.407 e. The molecule has 49 heavy (non-hydrogen) atoms. The minimum absolute atomic E-state index is 0.00224. The monoisotopic (exact) mass is 665 g/mol. The Balaban J connectivity index is 1.16. The van der Waals surface area contributed by atoms with Gasteiger partial charge in [0.2, 0.25) is 12.3 Å². The number of amides is 3. The van der Waals surface area contributed by atoms with Crippen molar-refractivity contribution >= 4 is 46.7 Å². The van der Waals surface area contributed by atoms with Crippen LogP contribution in [0.15, 0.2) is 59.8 Å². The van der Waals surface area contributed by atoms with Crippen molar-refractivity contribution in [2.24, 2.45) is 5.92 Å². The second-order valence-electron chi connectivity index (χ2n) is 12.8. The first-order valence-corrected chi connectivity index (χ1v) is 16.3. The predicted octanol–water partition coefficient (Wildman–Crippen LogP) is 5.23. The van der Waals surface area contributed by atoms with E-state index in [-0.39, 0.29) is 30.9 Å². The number of anilines is 1. The second-order valence-corrected chi connectivity index (χ2v) is 12.8. The van der Waals surface area contributed by atoms with Crippen molar-refractivity contribution in [3.05, 3.63) is 99.2 Å². The van der Waals surface area contributed by atoms with Crippen molar-refractivity contribution in [1.82, 2.24) is 20.5 Å². The highest BCUT2D eigenvalue weighted by atomic mass is 19.1. The lowest BCUT2D eigenvalue weighted by molar-refractivity contribution is -0.147. The molecule has 3 aromatic rings. The third-order valence-corrected chi connectivity index (χ3v) is 9.96. The van der Waals surface area contributed by atoms with Crippen molar-refractivity contribution in [3.8, 4) is 0 Å². The van der Waals surface area contributed by atoms with Crippen LogP contribution in [0.5, 0.6) is 0 Å². The van der Waals surface area contributed by atoms with Crippen LogP contribution in [0.4, 0.5) is 14.9 Å². The molecule has 252 valence electrons. The fourth-order valence-electron chi connectivity index (χ4n) is 7.29. The molecule has 0 fully saturated rings. The smallest absolute Gasteiger partial charge is 0.407 e.